The first-order chi connectivity index (χ1) is 8.09. The van der Waals surface area contributed by atoms with Crippen LogP contribution in [0.2, 0.25) is 0 Å². The maximum Gasteiger partial charge on any atom is 0.142 e. The average Bonchev–Trinajstić information content (AvgIpc) is 2.92. The molecule has 17 heavy (non-hydrogen) atoms. The molecule has 0 aromatic heterocycles. The van der Waals surface area contributed by atoms with Crippen LogP contribution >= 0.6 is 0 Å². The number of ketones is 1. The Morgan fingerprint density at radius 3 is 2.94 bits per heavy atom. The largest absolute Gasteiger partial charge is 0.299 e. The van der Waals surface area contributed by atoms with Gasteiger partial charge in [0.05, 0.1) is 0 Å². The summed E-state index contributed by atoms with van der Waals surface area (Å²) in [6.45, 7) is 4.45. The quantitative estimate of drug-likeness (QED) is 0.581. The smallest absolute Gasteiger partial charge is 0.142 e. The Bertz CT molecular complexity index is 423. The van der Waals surface area contributed by atoms with Gasteiger partial charge < -0.3 is 0 Å². The molecule has 0 N–H and O–H groups in total. The van der Waals surface area contributed by atoms with Gasteiger partial charge in [0.1, 0.15) is 5.78 Å². The third-order valence-electron chi connectivity index (χ3n) is 6.85. The van der Waals surface area contributed by atoms with Gasteiger partial charge in [-0.15, -0.1) is 0 Å². The second kappa shape index (κ2) is 2.87. The Balaban J connectivity index is 1.83. The second-order valence-corrected chi connectivity index (χ2v) is 7.26. The van der Waals surface area contributed by atoms with Crippen molar-refractivity contribution in [3.8, 4) is 0 Å². The van der Waals surface area contributed by atoms with Crippen LogP contribution in [0, 0.1) is 34.5 Å². The van der Waals surface area contributed by atoms with Gasteiger partial charge >= 0.3 is 0 Å². The first-order valence-corrected chi connectivity index (χ1v) is 7.31. The van der Waals surface area contributed by atoms with Crippen molar-refractivity contribution < 1.29 is 4.79 Å². The molecule has 0 aromatic carbocycles. The van der Waals surface area contributed by atoms with E-state index in [1.807, 2.05) is 0 Å². The minimum Gasteiger partial charge on any atom is -0.299 e. The number of fused-ring (bicyclic) bond motifs is 2. The Hall–Kier alpha value is -0.590. The molecule has 1 heteroatoms. The lowest BCUT2D eigenvalue weighted by atomic mass is 9.68. The van der Waals surface area contributed by atoms with E-state index in [1.54, 1.807) is 0 Å². The van der Waals surface area contributed by atoms with Gasteiger partial charge in [0, 0.05) is 11.3 Å². The predicted octanol–water partition coefficient (Wildman–Crippen LogP) is 3.59. The van der Waals surface area contributed by atoms with Gasteiger partial charge in [-0.2, -0.15) is 0 Å². The third kappa shape index (κ3) is 0.936. The fourth-order valence-electron chi connectivity index (χ4n) is 6.16. The predicted molar refractivity (Wildman–Crippen MR) is 67.4 cm³/mol. The summed E-state index contributed by atoms with van der Waals surface area (Å²) < 4.78 is 0. The maximum atomic E-state index is 12.6. The monoisotopic (exact) mass is 230 g/mol. The highest BCUT2D eigenvalue weighted by Gasteiger charge is 2.69. The van der Waals surface area contributed by atoms with Gasteiger partial charge in [-0.3, -0.25) is 4.79 Å². The first kappa shape index (κ1) is 10.3. The van der Waals surface area contributed by atoms with E-state index in [4.69, 9.17) is 0 Å². The fourth-order valence-corrected chi connectivity index (χ4v) is 6.16. The van der Waals surface area contributed by atoms with Crippen molar-refractivity contribution in [3.63, 3.8) is 0 Å². The van der Waals surface area contributed by atoms with E-state index in [2.05, 4.69) is 26.0 Å². The molecule has 92 valence electrons. The highest BCUT2D eigenvalue weighted by Crippen LogP contribution is 2.73. The van der Waals surface area contributed by atoms with Crippen LogP contribution in [-0.2, 0) is 4.79 Å². The highest BCUT2D eigenvalue weighted by atomic mass is 16.1. The molecule has 1 nitrogen and oxygen atoms in total. The molecule has 1 spiro atoms. The van der Waals surface area contributed by atoms with Crippen molar-refractivity contribution in [1.82, 2.24) is 0 Å². The number of allylic oxidation sites excluding steroid dienone is 2. The molecular weight excluding hydrogens is 208 g/mol. The fraction of sp³-hybridized carbons (Fsp3) is 0.812. The number of carbonyl (C=O) groups is 1. The molecule has 4 rings (SSSR count). The molecule has 0 aliphatic heterocycles. The molecule has 0 bridgehead atoms. The molecule has 6 atom stereocenters. The number of rotatable bonds is 0. The van der Waals surface area contributed by atoms with E-state index >= 15 is 0 Å². The van der Waals surface area contributed by atoms with Gasteiger partial charge in [-0.25, -0.2) is 0 Å². The van der Waals surface area contributed by atoms with Crippen LogP contribution in [0.3, 0.4) is 0 Å². The van der Waals surface area contributed by atoms with Gasteiger partial charge in [0.2, 0.25) is 0 Å². The normalized spacial score (nSPS) is 59.5. The highest BCUT2D eigenvalue weighted by molar-refractivity contribution is 5.90. The van der Waals surface area contributed by atoms with Crippen LogP contribution in [0.25, 0.3) is 0 Å². The van der Waals surface area contributed by atoms with Gasteiger partial charge in [0.15, 0.2) is 0 Å². The van der Waals surface area contributed by atoms with Crippen molar-refractivity contribution in [1.29, 1.82) is 0 Å². The van der Waals surface area contributed by atoms with Crippen molar-refractivity contribution in [2.75, 3.05) is 0 Å². The van der Waals surface area contributed by atoms with E-state index in [0.717, 1.165) is 12.3 Å². The molecule has 0 amide bonds. The zero-order valence-corrected chi connectivity index (χ0v) is 10.9. The molecule has 4 aliphatic carbocycles. The summed E-state index contributed by atoms with van der Waals surface area (Å²) in [5, 5.41) is 0. The molecular formula is C16H22O. The molecule has 0 saturated heterocycles. The standard InChI is InChI=1S/C16H22O/c1-10-8-12-9-16-7-3-4-11(16)5-6-13(16)15(12,2)14(10)17/h3,7,10-13H,4-6,8-9H2,1-2H3/t10-,11+,12+,13-,15-,16-/m0/s1. The summed E-state index contributed by atoms with van der Waals surface area (Å²) in [5.74, 6) is 3.14. The average molecular weight is 230 g/mol. The number of Topliss-reactive ketones (excluding diaryl/α,β-unsaturated/α-hetero) is 1. The van der Waals surface area contributed by atoms with Crippen LogP contribution in [0.1, 0.15) is 46.0 Å². The molecule has 0 aromatic rings. The Labute approximate surface area is 104 Å². The van der Waals surface area contributed by atoms with Gasteiger partial charge in [-0.1, -0.05) is 26.0 Å². The summed E-state index contributed by atoms with van der Waals surface area (Å²) in [7, 11) is 0. The molecule has 4 aliphatic rings. The first-order valence-electron chi connectivity index (χ1n) is 7.31. The van der Waals surface area contributed by atoms with E-state index < -0.39 is 0 Å². The van der Waals surface area contributed by atoms with E-state index in [0.29, 0.717) is 29.0 Å². The zero-order valence-electron chi connectivity index (χ0n) is 10.9. The van der Waals surface area contributed by atoms with Crippen LogP contribution in [0.4, 0.5) is 0 Å². The lowest BCUT2D eigenvalue weighted by molar-refractivity contribution is -0.131. The third-order valence-corrected chi connectivity index (χ3v) is 6.85. The van der Waals surface area contributed by atoms with E-state index in [1.165, 1.54) is 25.7 Å². The lowest BCUT2D eigenvalue weighted by Gasteiger charge is -2.34. The molecule has 0 radical (unpaired) electrons. The SMILES string of the molecule is C[C@H]1C[C@@H]2C[C@@]34C=CC[C@@H]3CC[C@H]4[C@@]2(C)C1=O. The van der Waals surface area contributed by atoms with Crippen LogP contribution in [0.5, 0.6) is 0 Å². The molecule has 3 saturated carbocycles. The van der Waals surface area contributed by atoms with Crippen molar-refractivity contribution in [2.24, 2.45) is 34.5 Å². The minimum atomic E-state index is 0.0306. The summed E-state index contributed by atoms with van der Waals surface area (Å²) in [6, 6.07) is 0. The Morgan fingerprint density at radius 1 is 1.29 bits per heavy atom. The summed E-state index contributed by atoms with van der Waals surface area (Å²) in [6.07, 6.45) is 11.3. The minimum absolute atomic E-state index is 0.0306. The topological polar surface area (TPSA) is 17.1 Å². The zero-order chi connectivity index (χ0) is 11.8. The Kier molecular flexibility index (Phi) is 1.74. The van der Waals surface area contributed by atoms with Gasteiger partial charge in [0.25, 0.3) is 0 Å². The molecule has 0 unspecified atom stereocenters. The molecule has 3 fully saturated rings. The summed E-state index contributed by atoms with van der Waals surface area (Å²) >= 11 is 0. The Morgan fingerprint density at radius 2 is 2.12 bits per heavy atom. The maximum absolute atomic E-state index is 12.6. The van der Waals surface area contributed by atoms with E-state index in [-0.39, 0.29) is 5.41 Å². The van der Waals surface area contributed by atoms with E-state index in [9.17, 15) is 4.79 Å². The molecule has 0 heterocycles. The number of hydrogen-bond donors (Lipinski definition) is 0. The number of carbonyl (C=O) groups excluding carboxylic acids is 1. The van der Waals surface area contributed by atoms with Crippen molar-refractivity contribution in [3.05, 3.63) is 12.2 Å². The number of hydrogen-bond acceptors (Lipinski definition) is 1. The van der Waals surface area contributed by atoms with Crippen LogP contribution < -0.4 is 0 Å². The van der Waals surface area contributed by atoms with Crippen LogP contribution in [-0.4, -0.2) is 5.78 Å². The summed E-state index contributed by atoms with van der Waals surface area (Å²) in [4.78, 5) is 12.6. The summed E-state index contributed by atoms with van der Waals surface area (Å²) in [5.41, 5.74) is 0.470. The second-order valence-electron chi connectivity index (χ2n) is 7.26. The van der Waals surface area contributed by atoms with Crippen molar-refractivity contribution in [2.45, 2.75) is 46.0 Å². The van der Waals surface area contributed by atoms with Gasteiger partial charge in [-0.05, 0) is 55.3 Å². The van der Waals surface area contributed by atoms with Crippen LogP contribution in [0.15, 0.2) is 12.2 Å². The van der Waals surface area contributed by atoms with Crippen molar-refractivity contribution >= 4 is 5.78 Å². The lowest BCUT2D eigenvalue weighted by Crippen LogP contribution is -2.36.